The van der Waals surface area contributed by atoms with E-state index in [2.05, 4.69) is 15.2 Å². The van der Waals surface area contributed by atoms with Gasteiger partial charge in [0.15, 0.2) is 11.0 Å². The zero-order valence-electron chi connectivity index (χ0n) is 12.4. The number of benzene rings is 1. The van der Waals surface area contributed by atoms with Crippen LogP contribution in [0.4, 0.5) is 0 Å². The van der Waals surface area contributed by atoms with Crippen LogP contribution in [0.15, 0.2) is 35.6 Å². The number of rotatable bonds is 5. The van der Waals surface area contributed by atoms with Crippen molar-refractivity contribution in [2.24, 2.45) is 7.05 Å². The average Bonchev–Trinajstić information content (AvgIpc) is 3.09. The molecule has 3 aromatic rings. The molecule has 0 aliphatic carbocycles. The van der Waals surface area contributed by atoms with Crippen molar-refractivity contribution in [1.82, 2.24) is 19.7 Å². The van der Waals surface area contributed by atoms with Gasteiger partial charge in [-0.3, -0.25) is 4.79 Å². The highest BCUT2D eigenvalue weighted by Gasteiger charge is 2.15. The molecule has 2 heterocycles. The number of para-hydroxylation sites is 1. The zero-order valence-corrected chi connectivity index (χ0v) is 13.2. The highest BCUT2D eigenvalue weighted by Crippen LogP contribution is 2.28. The number of thioether (sulfide) groups is 1. The summed E-state index contributed by atoms with van der Waals surface area (Å²) in [7, 11) is 1.89. The van der Waals surface area contributed by atoms with Gasteiger partial charge in [0.2, 0.25) is 0 Å². The van der Waals surface area contributed by atoms with E-state index in [1.165, 1.54) is 11.8 Å². The number of fused-ring (bicyclic) bond motifs is 1. The Hall–Kier alpha value is -2.28. The maximum Gasteiger partial charge on any atom is 0.316 e. The molecule has 0 saturated carbocycles. The molecule has 7 heteroatoms. The van der Waals surface area contributed by atoms with Gasteiger partial charge in [0.05, 0.1) is 12.4 Å². The summed E-state index contributed by atoms with van der Waals surface area (Å²) in [4.78, 5) is 14.7. The van der Waals surface area contributed by atoms with Crippen LogP contribution in [-0.2, 0) is 16.6 Å². The number of esters is 1. The fraction of sp³-hybridized carbons (Fsp3) is 0.267. The van der Waals surface area contributed by atoms with E-state index in [0.717, 1.165) is 22.3 Å². The number of carbonyl (C=O) groups excluding carboxylic acids is 1. The molecule has 1 aromatic carbocycles. The van der Waals surface area contributed by atoms with Gasteiger partial charge in [-0.15, -0.1) is 10.2 Å². The molecule has 0 atom stereocenters. The van der Waals surface area contributed by atoms with Crippen molar-refractivity contribution in [2.45, 2.75) is 12.1 Å². The van der Waals surface area contributed by atoms with Crippen LogP contribution in [0.25, 0.3) is 22.3 Å². The molecule has 0 aliphatic heterocycles. The molecule has 0 spiro atoms. The fourth-order valence-corrected chi connectivity index (χ4v) is 2.97. The van der Waals surface area contributed by atoms with Crippen LogP contribution in [0.5, 0.6) is 0 Å². The van der Waals surface area contributed by atoms with Crippen LogP contribution in [-0.4, -0.2) is 38.1 Å². The summed E-state index contributed by atoms with van der Waals surface area (Å²) in [6, 6.07) is 8.04. The smallest absolute Gasteiger partial charge is 0.316 e. The summed E-state index contributed by atoms with van der Waals surface area (Å²) in [5, 5.41) is 10.2. The molecule has 0 fully saturated rings. The molecule has 114 valence electrons. The standard InChI is InChI=1S/C15H16N4O2S/c1-3-21-13(20)9-22-15-18-17-14(19(15)2)11-8-16-12-7-5-4-6-10(11)12/h4-8,16H,3,9H2,1-2H3. The molecule has 0 aliphatic rings. The largest absolute Gasteiger partial charge is 0.465 e. The Morgan fingerprint density at radius 1 is 1.36 bits per heavy atom. The second-order valence-electron chi connectivity index (χ2n) is 4.71. The van der Waals surface area contributed by atoms with Gasteiger partial charge in [0.25, 0.3) is 0 Å². The number of hydrogen-bond donors (Lipinski definition) is 1. The lowest BCUT2D eigenvalue weighted by Gasteiger charge is -2.03. The zero-order chi connectivity index (χ0) is 15.5. The van der Waals surface area contributed by atoms with Crippen molar-refractivity contribution in [3.8, 4) is 11.4 Å². The number of aromatic nitrogens is 4. The molecule has 0 bridgehead atoms. The summed E-state index contributed by atoms with van der Waals surface area (Å²) in [6.07, 6.45) is 1.93. The third-order valence-corrected chi connectivity index (χ3v) is 4.28. The topological polar surface area (TPSA) is 72.8 Å². The highest BCUT2D eigenvalue weighted by atomic mass is 32.2. The van der Waals surface area contributed by atoms with Crippen molar-refractivity contribution >= 4 is 28.6 Å². The minimum Gasteiger partial charge on any atom is -0.465 e. The summed E-state index contributed by atoms with van der Waals surface area (Å²) in [6.45, 7) is 2.18. The minimum absolute atomic E-state index is 0.230. The summed E-state index contributed by atoms with van der Waals surface area (Å²) < 4.78 is 6.81. The Kier molecular flexibility index (Phi) is 4.15. The van der Waals surface area contributed by atoms with E-state index in [-0.39, 0.29) is 11.7 Å². The van der Waals surface area contributed by atoms with Gasteiger partial charge < -0.3 is 14.3 Å². The van der Waals surface area contributed by atoms with Crippen molar-refractivity contribution in [3.63, 3.8) is 0 Å². The SMILES string of the molecule is CCOC(=O)CSc1nnc(-c2c[nH]c3ccccc23)n1C. The van der Waals surface area contributed by atoms with E-state index in [9.17, 15) is 4.79 Å². The van der Waals surface area contributed by atoms with Gasteiger partial charge in [0.1, 0.15) is 0 Å². The maximum absolute atomic E-state index is 11.4. The molecule has 1 N–H and O–H groups in total. The first-order chi connectivity index (χ1) is 10.7. The molecule has 0 saturated heterocycles. The molecule has 2 aromatic heterocycles. The first kappa shape index (κ1) is 14.6. The minimum atomic E-state index is -0.246. The predicted octanol–water partition coefficient (Wildman–Crippen LogP) is 2.62. The number of H-pyrrole nitrogens is 1. The van der Waals surface area contributed by atoms with Crippen LogP contribution in [0.1, 0.15) is 6.92 Å². The molecular formula is C15H16N4O2S. The summed E-state index contributed by atoms with van der Waals surface area (Å²) >= 11 is 1.32. The van der Waals surface area contributed by atoms with Crippen LogP contribution in [0.3, 0.4) is 0 Å². The van der Waals surface area contributed by atoms with E-state index in [4.69, 9.17) is 4.74 Å². The Bertz CT molecular complexity index is 809. The number of nitrogens with one attached hydrogen (secondary N) is 1. The Morgan fingerprint density at radius 3 is 3.00 bits per heavy atom. The van der Waals surface area contributed by atoms with Gasteiger partial charge in [-0.2, -0.15) is 0 Å². The number of aromatic amines is 1. The Balaban J connectivity index is 1.86. The highest BCUT2D eigenvalue weighted by molar-refractivity contribution is 7.99. The Morgan fingerprint density at radius 2 is 2.18 bits per heavy atom. The first-order valence-electron chi connectivity index (χ1n) is 6.95. The van der Waals surface area contributed by atoms with E-state index in [1.54, 1.807) is 6.92 Å². The van der Waals surface area contributed by atoms with Gasteiger partial charge in [-0.25, -0.2) is 0 Å². The van der Waals surface area contributed by atoms with Gasteiger partial charge >= 0.3 is 5.97 Å². The molecule has 3 rings (SSSR count). The van der Waals surface area contributed by atoms with E-state index >= 15 is 0 Å². The van der Waals surface area contributed by atoms with Gasteiger partial charge in [-0.05, 0) is 13.0 Å². The van der Waals surface area contributed by atoms with Crippen LogP contribution >= 0.6 is 11.8 Å². The van der Waals surface area contributed by atoms with E-state index in [0.29, 0.717) is 11.8 Å². The molecular weight excluding hydrogens is 300 g/mol. The van der Waals surface area contributed by atoms with Gasteiger partial charge in [-0.1, -0.05) is 30.0 Å². The molecule has 0 amide bonds. The van der Waals surface area contributed by atoms with Crippen molar-refractivity contribution in [1.29, 1.82) is 0 Å². The van der Waals surface area contributed by atoms with Gasteiger partial charge in [0, 0.05) is 29.7 Å². The Labute approximate surface area is 131 Å². The summed E-state index contributed by atoms with van der Waals surface area (Å²) in [5.41, 5.74) is 2.05. The van der Waals surface area contributed by atoms with Crippen molar-refractivity contribution < 1.29 is 9.53 Å². The number of ether oxygens (including phenoxy) is 1. The number of nitrogens with zero attached hydrogens (tertiary/aromatic N) is 3. The molecule has 6 nitrogen and oxygen atoms in total. The molecule has 22 heavy (non-hydrogen) atoms. The molecule has 0 radical (unpaired) electrons. The first-order valence-corrected chi connectivity index (χ1v) is 7.93. The average molecular weight is 316 g/mol. The van der Waals surface area contributed by atoms with E-state index in [1.807, 2.05) is 42.1 Å². The lowest BCUT2D eigenvalue weighted by atomic mass is 10.1. The fourth-order valence-electron chi connectivity index (χ4n) is 2.26. The van der Waals surface area contributed by atoms with Crippen molar-refractivity contribution in [2.75, 3.05) is 12.4 Å². The summed E-state index contributed by atoms with van der Waals surface area (Å²) in [5.74, 6) is 0.751. The molecule has 0 unspecified atom stereocenters. The number of hydrogen-bond acceptors (Lipinski definition) is 5. The van der Waals surface area contributed by atoms with Crippen molar-refractivity contribution in [3.05, 3.63) is 30.5 Å². The second kappa shape index (κ2) is 6.23. The lowest BCUT2D eigenvalue weighted by molar-refractivity contribution is -0.139. The lowest BCUT2D eigenvalue weighted by Crippen LogP contribution is -2.07. The van der Waals surface area contributed by atoms with Crippen LogP contribution < -0.4 is 0 Å². The third kappa shape index (κ3) is 2.71. The number of carbonyl (C=O) groups is 1. The second-order valence-corrected chi connectivity index (χ2v) is 5.65. The normalized spacial score (nSPS) is 11.0. The van der Waals surface area contributed by atoms with Crippen LogP contribution in [0, 0.1) is 0 Å². The maximum atomic E-state index is 11.4. The van der Waals surface area contributed by atoms with Crippen LogP contribution in [0.2, 0.25) is 0 Å². The predicted molar refractivity (Wildman–Crippen MR) is 85.7 cm³/mol. The monoisotopic (exact) mass is 316 g/mol. The third-order valence-electron chi connectivity index (χ3n) is 3.29. The quantitative estimate of drug-likeness (QED) is 0.578. The van der Waals surface area contributed by atoms with E-state index < -0.39 is 0 Å².